The van der Waals surface area contributed by atoms with Crippen LogP contribution in [0.4, 0.5) is 0 Å². The number of hydrogen-bond donors (Lipinski definition) is 1. The Hall–Kier alpha value is -2.15. The van der Waals surface area contributed by atoms with Crippen LogP contribution in [0, 0.1) is 0 Å². The van der Waals surface area contributed by atoms with Crippen LogP contribution in [0.5, 0.6) is 0 Å². The Kier molecular flexibility index (Phi) is 5.29. The summed E-state index contributed by atoms with van der Waals surface area (Å²) in [6.07, 6.45) is 1.72. The molecule has 1 N–H and O–H groups in total. The highest BCUT2D eigenvalue weighted by Gasteiger charge is 2.18. The molecule has 3 heterocycles. The number of nitrogens with zero attached hydrogens (tertiary/aromatic N) is 2. The number of amides is 1. The van der Waals surface area contributed by atoms with E-state index in [1.54, 1.807) is 17.5 Å². The van der Waals surface area contributed by atoms with Crippen molar-refractivity contribution in [3.63, 3.8) is 0 Å². The molecule has 1 aromatic carbocycles. The van der Waals surface area contributed by atoms with Crippen LogP contribution < -0.4 is 5.32 Å². The van der Waals surface area contributed by atoms with Gasteiger partial charge >= 0.3 is 0 Å². The molecule has 0 bridgehead atoms. The van der Waals surface area contributed by atoms with Crippen LogP contribution in [0.25, 0.3) is 10.2 Å². The van der Waals surface area contributed by atoms with Crippen molar-refractivity contribution in [2.75, 3.05) is 0 Å². The molecule has 0 fully saturated rings. The van der Waals surface area contributed by atoms with Crippen molar-refractivity contribution in [2.24, 2.45) is 0 Å². The molecule has 0 aliphatic carbocycles. The lowest BCUT2D eigenvalue weighted by Gasteiger charge is -2.11. The Labute approximate surface area is 173 Å². The zero-order chi connectivity index (χ0) is 18.8. The fourth-order valence-electron chi connectivity index (χ4n) is 2.95. The largest absolute Gasteiger partial charge is 0.345 e. The van der Waals surface area contributed by atoms with Crippen LogP contribution >= 0.6 is 38.9 Å². The van der Waals surface area contributed by atoms with Gasteiger partial charge in [0.25, 0.3) is 5.91 Å². The maximum Gasteiger partial charge on any atom is 0.268 e. The summed E-state index contributed by atoms with van der Waals surface area (Å²) in [5, 5.41) is 3.65. The van der Waals surface area contributed by atoms with E-state index in [1.807, 2.05) is 59.2 Å². The van der Waals surface area contributed by atoms with Gasteiger partial charge in [0.15, 0.2) is 0 Å². The summed E-state index contributed by atoms with van der Waals surface area (Å²) in [5.41, 5.74) is 3.51. The van der Waals surface area contributed by atoms with Crippen molar-refractivity contribution in [3.05, 3.63) is 86.6 Å². The molecule has 4 nitrogen and oxygen atoms in total. The first-order valence-corrected chi connectivity index (χ1v) is 10.3. The Bertz CT molecular complexity index is 1110. The molecule has 0 saturated heterocycles. The topological polar surface area (TPSA) is 46.9 Å². The SMILES string of the molecule is O=C(NCc1ccccn1)c1cc2sc(Br)cc2n1Cc1cccc(Cl)c1. The Morgan fingerprint density at radius 2 is 2.07 bits per heavy atom. The van der Waals surface area contributed by atoms with Gasteiger partial charge < -0.3 is 9.88 Å². The van der Waals surface area contributed by atoms with Gasteiger partial charge in [-0.2, -0.15) is 0 Å². The zero-order valence-corrected chi connectivity index (χ0v) is 17.3. The monoisotopic (exact) mass is 459 g/mol. The second-order valence-corrected chi connectivity index (χ2v) is 8.95. The van der Waals surface area contributed by atoms with Crippen molar-refractivity contribution >= 4 is 55.0 Å². The average molecular weight is 461 g/mol. The fraction of sp³-hybridized carbons (Fsp3) is 0.100. The van der Waals surface area contributed by atoms with Crippen LogP contribution in [0.1, 0.15) is 21.7 Å². The molecule has 0 aliphatic heterocycles. The number of benzene rings is 1. The quantitative estimate of drug-likeness (QED) is 0.428. The number of nitrogens with one attached hydrogen (secondary N) is 1. The van der Waals surface area contributed by atoms with Crippen molar-refractivity contribution in [1.82, 2.24) is 14.9 Å². The van der Waals surface area contributed by atoms with Crippen LogP contribution in [0.3, 0.4) is 0 Å². The van der Waals surface area contributed by atoms with Crippen LogP contribution in [0.15, 0.2) is 64.6 Å². The number of halogens is 2. The molecule has 1 amide bonds. The third-order valence-electron chi connectivity index (χ3n) is 4.18. The summed E-state index contributed by atoms with van der Waals surface area (Å²) in [5.74, 6) is -0.123. The van der Waals surface area contributed by atoms with Gasteiger partial charge in [0.2, 0.25) is 0 Å². The highest BCUT2D eigenvalue weighted by Crippen LogP contribution is 2.33. The Morgan fingerprint density at radius 3 is 2.85 bits per heavy atom. The number of aromatic nitrogens is 2. The van der Waals surface area contributed by atoms with Gasteiger partial charge in [-0.15, -0.1) is 11.3 Å². The summed E-state index contributed by atoms with van der Waals surface area (Å²) in [7, 11) is 0. The normalized spacial score (nSPS) is 11.0. The maximum absolute atomic E-state index is 12.9. The first kappa shape index (κ1) is 18.2. The van der Waals surface area contributed by atoms with Gasteiger partial charge in [-0.05, 0) is 57.9 Å². The number of hydrogen-bond acceptors (Lipinski definition) is 3. The molecule has 7 heteroatoms. The van der Waals surface area contributed by atoms with E-state index in [1.165, 1.54) is 0 Å². The number of carbonyl (C=O) groups excluding carboxylic acids is 1. The third kappa shape index (κ3) is 4.08. The van der Waals surface area contributed by atoms with Gasteiger partial charge in [-0.1, -0.05) is 29.8 Å². The van der Waals surface area contributed by atoms with E-state index in [4.69, 9.17) is 11.6 Å². The molecule has 0 unspecified atom stereocenters. The van der Waals surface area contributed by atoms with E-state index in [2.05, 4.69) is 26.2 Å². The number of pyridine rings is 1. The predicted octanol–water partition coefficient (Wildman–Crippen LogP) is 5.49. The van der Waals surface area contributed by atoms with Crippen molar-refractivity contribution in [2.45, 2.75) is 13.1 Å². The van der Waals surface area contributed by atoms with Gasteiger partial charge in [0.1, 0.15) is 5.69 Å². The molecule has 27 heavy (non-hydrogen) atoms. The van der Waals surface area contributed by atoms with Crippen molar-refractivity contribution in [3.8, 4) is 0 Å². The van der Waals surface area contributed by atoms with E-state index >= 15 is 0 Å². The van der Waals surface area contributed by atoms with Crippen LogP contribution in [-0.4, -0.2) is 15.5 Å². The summed E-state index contributed by atoms with van der Waals surface area (Å²) < 4.78 is 4.12. The second kappa shape index (κ2) is 7.84. The highest BCUT2D eigenvalue weighted by molar-refractivity contribution is 9.11. The van der Waals surface area contributed by atoms with E-state index in [-0.39, 0.29) is 5.91 Å². The lowest BCUT2D eigenvalue weighted by atomic mass is 10.2. The molecule has 0 radical (unpaired) electrons. The van der Waals surface area contributed by atoms with Gasteiger partial charge in [0.05, 0.1) is 26.2 Å². The molecule has 0 saturated carbocycles. The fourth-order valence-corrected chi connectivity index (χ4v) is 4.73. The lowest BCUT2D eigenvalue weighted by Crippen LogP contribution is -2.26. The minimum absolute atomic E-state index is 0.123. The minimum Gasteiger partial charge on any atom is -0.345 e. The first-order valence-electron chi connectivity index (χ1n) is 8.31. The zero-order valence-electron chi connectivity index (χ0n) is 14.2. The first-order chi connectivity index (χ1) is 13.1. The second-order valence-electron chi connectivity index (χ2n) is 6.05. The predicted molar refractivity (Wildman–Crippen MR) is 113 cm³/mol. The van der Waals surface area contributed by atoms with Gasteiger partial charge in [-0.25, -0.2) is 0 Å². The molecule has 4 aromatic rings. The highest BCUT2D eigenvalue weighted by atomic mass is 79.9. The van der Waals surface area contributed by atoms with E-state index in [9.17, 15) is 4.79 Å². The summed E-state index contributed by atoms with van der Waals surface area (Å²) in [6.45, 7) is 0.957. The Balaban J connectivity index is 1.65. The maximum atomic E-state index is 12.9. The number of thiophene rings is 1. The Morgan fingerprint density at radius 1 is 1.19 bits per heavy atom. The average Bonchev–Trinajstić information content (AvgIpc) is 3.18. The van der Waals surface area contributed by atoms with Crippen LogP contribution in [0.2, 0.25) is 5.02 Å². The minimum atomic E-state index is -0.123. The van der Waals surface area contributed by atoms with E-state index in [0.717, 1.165) is 25.3 Å². The number of rotatable bonds is 5. The molecule has 3 aromatic heterocycles. The smallest absolute Gasteiger partial charge is 0.268 e. The van der Waals surface area contributed by atoms with Crippen LogP contribution in [-0.2, 0) is 13.1 Å². The van der Waals surface area contributed by atoms with Gasteiger partial charge in [0, 0.05) is 17.8 Å². The van der Waals surface area contributed by atoms with Crippen molar-refractivity contribution < 1.29 is 4.79 Å². The molecule has 0 spiro atoms. The van der Waals surface area contributed by atoms with Crippen molar-refractivity contribution in [1.29, 1.82) is 0 Å². The number of fused-ring (bicyclic) bond motifs is 1. The number of carbonyl (C=O) groups is 1. The summed E-state index contributed by atoms with van der Waals surface area (Å²) in [4.78, 5) is 17.1. The van der Waals surface area contributed by atoms with E-state index in [0.29, 0.717) is 23.8 Å². The third-order valence-corrected chi connectivity index (χ3v) is 5.99. The molecular formula is C20H15BrClN3OS. The standard InChI is InChI=1S/C20H15BrClN3OS/c21-19-10-16-18(27-19)9-17(20(26)24-11-15-6-1-2-7-23-15)25(16)12-13-4-3-5-14(22)8-13/h1-10H,11-12H2,(H,24,26). The van der Waals surface area contributed by atoms with E-state index < -0.39 is 0 Å². The molecular weight excluding hydrogens is 446 g/mol. The summed E-state index contributed by atoms with van der Waals surface area (Å²) >= 11 is 11.3. The molecule has 4 rings (SSSR count). The molecule has 0 aliphatic rings. The molecule has 0 atom stereocenters. The van der Waals surface area contributed by atoms with Gasteiger partial charge in [-0.3, -0.25) is 9.78 Å². The lowest BCUT2D eigenvalue weighted by molar-refractivity contribution is 0.0942. The summed E-state index contributed by atoms with van der Waals surface area (Å²) in [6, 6.07) is 17.3. The molecule has 136 valence electrons.